The molecule has 0 spiro atoms. The maximum Gasteiger partial charge on any atom is 0.346 e. The lowest BCUT2D eigenvalue weighted by Crippen LogP contribution is -2.46. The molecule has 0 aromatic heterocycles. The monoisotopic (exact) mass is 624 g/mol. The molecule has 1 N–H and O–H groups in total. The molecule has 0 bridgehead atoms. The number of nitriles is 1. The molecule has 0 radical (unpaired) electrons. The summed E-state index contributed by atoms with van der Waals surface area (Å²) < 4.78 is 30.7. The van der Waals surface area contributed by atoms with E-state index >= 15 is 0 Å². The summed E-state index contributed by atoms with van der Waals surface area (Å²) in [5.74, 6) is 0.709. The number of nitrogens with one attached hydrogen (secondary N) is 1. The number of benzene rings is 1. The van der Waals surface area contributed by atoms with Crippen molar-refractivity contribution in [1.82, 2.24) is 5.32 Å². The quantitative estimate of drug-likeness (QED) is 0.152. The maximum absolute atomic E-state index is 13.5. The van der Waals surface area contributed by atoms with Crippen molar-refractivity contribution in [3.63, 3.8) is 0 Å². The average molecular weight is 625 g/mol. The van der Waals surface area contributed by atoms with Gasteiger partial charge in [0.1, 0.15) is 11.6 Å². The fourth-order valence-corrected chi connectivity index (χ4v) is 19.9. The summed E-state index contributed by atoms with van der Waals surface area (Å²) in [4.78, 5) is 14.1. The lowest BCUT2D eigenvalue weighted by atomic mass is 9.86. The Morgan fingerprint density at radius 1 is 1.02 bits per heavy atom. The van der Waals surface area contributed by atoms with E-state index in [0.717, 1.165) is 11.1 Å². The number of carbonyl (C=O) groups is 1. The zero-order valence-corrected chi connectivity index (χ0v) is 30.4. The summed E-state index contributed by atoms with van der Waals surface area (Å²) in [6.07, 6.45) is 2.47. The number of fused-ring (bicyclic) bond motifs is 1. The molecule has 1 atom stereocenters. The molecule has 1 aliphatic carbocycles. The molecule has 40 heavy (non-hydrogen) atoms. The second kappa shape index (κ2) is 12.2. The van der Waals surface area contributed by atoms with Gasteiger partial charge < -0.3 is 22.8 Å². The van der Waals surface area contributed by atoms with E-state index in [4.69, 9.17) is 21.3 Å². The molecule has 0 saturated heterocycles. The Hall–Kier alpha value is -1.86. The predicted molar refractivity (Wildman–Crippen MR) is 173 cm³/mol. The number of hydrogen-bond acceptors (Lipinski definition) is 7. The topological polar surface area (TPSA) is 99.0 Å². The van der Waals surface area contributed by atoms with Crippen LogP contribution in [-0.2, 0) is 22.1 Å². The van der Waals surface area contributed by atoms with Crippen molar-refractivity contribution >= 4 is 47.3 Å². The van der Waals surface area contributed by atoms with E-state index in [2.05, 4.69) is 71.1 Å². The van der Waals surface area contributed by atoms with Crippen LogP contribution in [0.3, 0.4) is 0 Å². The van der Waals surface area contributed by atoms with Crippen molar-refractivity contribution in [2.24, 2.45) is 0 Å². The molecule has 2 rings (SSSR count). The second-order valence-corrected chi connectivity index (χ2v) is 28.7. The van der Waals surface area contributed by atoms with Crippen molar-refractivity contribution in [3.8, 4) is 17.6 Å². The molecule has 0 heterocycles. The first kappa shape index (κ1) is 34.3. The highest BCUT2D eigenvalue weighted by molar-refractivity contribution is 8.29. The molecule has 1 amide bonds. The third-order valence-electron chi connectivity index (χ3n) is 6.13. The summed E-state index contributed by atoms with van der Waals surface area (Å²) >= 11 is 0. The van der Waals surface area contributed by atoms with Gasteiger partial charge >= 0.3 is 8.56 Å². The number of nitrogens with zero attached hydrogens (tertiary/aromatic N) is 1. The molecule has 1 aliphatic rings. The average Bonchev–Trinajstić information content (AvgIpc) is 3.03. The van der Waals surface area contributed by atoms with Gasteiger partial charge in [0, 0.05) is 11.2 Å². The number of amides is 1. The number of allylic oxidation sites excluding steroid dienone is 1. The number of carbonyl (C=O) groups excluding carboxylic acids is 1. The van der Waals surface area contributed by atoms with Crippen molar-refractivity contribution in [3.05, 3.63) is 40.3 Å². The fourth-order valence-electron chi connectivity index (χ4n) is 4.95. The van der Waals surface area contributed by atoms with Crippen LogP contribution in [0, 0.1) is 11.3 Å². The van der Waals surface area contributed by atoms with E-state index in [0.29, 0.717) is 28.4 Å². The number of ether oxygens (including phenoxy) is 2. The smallest absolute Gasteiger partial charge is 0.346 e. The Morgan fingerprint density at radius 3 is 2.05 bits per heavy atom. The molecule has 0 saturated carbocycles. The van der Waals surface area contributed by atoms with Gasteiger partial charge in [0.2, 0.25) is 8.32 Å². The van der Waals surface area contributed by atoms with Crippen molar-refractivity contribution in [2.45, 2.75) is 78.1 Å². The van der Waals surface area contributed by atoms with Crippen LogP contribution in [0.15, 0.2) is 29.2 Å². The van der Waals surface area contributed by atoms with E-state index in [1.165, 1.54) is 0 Å². The first-order valence-electron chi connectivity index (χ1n) is 13.3. The third kappa shape index (κ3) is 8.58. The molecule has 1 aromatic rings. The molecule has 12 heteroatoms. The van der Waals surface area contributed by atoms with Gasteiger partial charge in [-0.15, -0.1) is 0 Å². The van der Waals surface area contributed by atoms with Gasteiger partial charge in [0.25, 0.3) is 5.91 Å². The maximum atomic E-state index is 13.5. The SMILES string of the molecule is C=C(CNC(=O)/C(C#N)=C1\CC(C)(C)c2cc(OC)c(OC)cc21)S(C)(O[Si](C)(C)C)O[Si](C)(C)O[Si](C)(C)C. The molecule has 224 valence electrons. The fraction of sp³-hybridized carbons (Fsp3) is 0.571. The Kier molecular flexibility index (Phi) is 10.4. The summed E-state index contributed by atoms with van der Waals surface area (Å²) in [5.41, 5.74) is 2.31. The number of methoxy groups -OCH3 is 2. The molecule has 1 unspecified atom stereocenters. The van der Waals surface area contributed by atoms with Crippen LogP contribution in [0.25, 0.3) is 5.57 Å². The zero-order chi connectivity index (χ0) is 30.9. The van der Waals surface area contributed by atoms with E-state index in [-0.39, 0.29) is 17.5 Å². The minimum Gasteiger partial charge on any atom is -0.493 e. The van der Waals surface area contributed by atoms with Gasteiger partial charge in [-0.2, -0.15) is 15.9 Å². The van der Waals surface area contributed by atoms with Gasteiger partial charge in [-0.3, -0.25) is 8.67 Å². The van der Waals surface area contributed by atoms with Crippen LogP contribution >= 0.6 is 10.6 Å². The van der Waals surface area contributed by atoms with Gasteiger partial charge in [-0.1, -0.05) is 20.4 Å². The van der Waals surface area contributed by atoms with Crippen LogP contribution in [-0.4, -0.2) is 58.1 Å². The Labute approximate surface area is 246 Å². The van der Waals surface area contributed by atoms with Crippen LogP contribution in [0.1, 0.15) is 31.4 Å². The lowest BCUT2D eigenvalue weighted by molar-refractivity contribution is -0.116. The minimum atomic E-state index is -2.58. The van der Waals surface area contributed by atoms with Crippen molar-refractivity contribution in [1.29, 1.82) is 5.26 Å². The highest BCUT2D eigenvalue weighted by atomic mass is 32.3. The molecule has 8 nitrogen and oxygen atoms in total. The summed E-state index contributed by atoms with van der Waals surface area (Å²) in [5, 5.41) is 13.1. The molecular formula is C28H48N2O6SSi3. The largest absolute Gasteiger partial charge is 0.493 e. The highest BCUT2D eigenvalue weighted by Gasteiger charge is 2.41. The van der Waals surface area contributed by atoms with Gasteiger partial charge in [0.05, 0.1) is 20.8 Å². The summed E-state index contributed by atoms with van der Waals surface area (Å²) in [6, 6.07) is 5.95. The van der Waals surface area contributed by atoms with Crippen LogP contribution in [0.2, 0.25) is 52.4 Å². The zero-order valence-electron chi connectivity index (χ0n) is 26.6. The second-order valence-electron chi connectivity index (χ2n) is 13.2. The highest BCUT2D eigenvalue weighted by Crippen LogP contribution is 2.57. The Bertz CT molecular complexity index is 1230. The summed E-state index contributed by atoms with van der Waals surface area (Å²) in [6.45, 7) is 25.3. The normalized spacial score (nSPS) is 18.6. The first-order valence-corrected chi connectivity index (χ1v) is 24.9. The van der Waals surface area contributed by atoms with Gasteiger partial charge in [-0.05, 0) is 93.0 Å². The van der Waals surface area contributed by atoms with Crippen molar-refractivity contribution in [2.75, 3.05) is 27.0 Å². The van der Waals surface area contributed by atoms with E-state index in [1.54, 1.807) is 14.2 Å². The van der Waals surface area contributed by atoms with E-state index in [1.807, 2.05) is 31.5 Å². The standard InChI is InChI=1S/C28H48N2O6SSi3/c1-20(37(6,34-38(7,8)9)35-40(13,14)36-39(10,11)12)19-30-27(31)23(18-29)22-17-28(2,3)24-16-26(33-5)25(32-4)15-21(22)24/h15-16H,1,17,19H2,2-14H3,(H,30,31)/b23-22+. The van der Waals surface area contributed by atoms with E-state index < -0.39 is 41.7 Å². The molecule has 0 aliphatic heterocycles. The predicted octanol–water partition coefficient (Wildman–Crippen LogP) is 6.98. The molecule has 0 fully saturated rings. The van der Waals surface area contributed by atoms with Crippen LogP contribution in [0.4, 0.5) is 0 Å². The summed E-state index contributed by atoms with van der Waals surface area (Å²) in [7, 11) is -5.59. The minimum absolute atomic E-state index is 0.0763. The van der Waals surface area contributed by atoms with Crippen LogP contribution in [0.5, 0.6) is 11.5 Å². The lowest BCUT2D eigenvalue weighted by Gasteiger charge is -2.49. The molecular weight excluding hydrogens is 577 g/mol. The first-order chi connectivity index (χ1) is 18.1. The van der Waals surface area contributed by atoms with E-state index in [9.17, 15) is 10.1 Å². The number of hydrogen-bond donors (Lipinski definition) is 1. The molecule has 1 aromatic carbocycles. The van der Waals surface area contributed by atoms with Crippen LogP contribution < -0.4 is 14.8 Å². The number of rotatable bonds is 12. The third-order valence-corrected chi connectivity index (χ3v) is 17.9. The van der Waals surface area contributed by atoms with Gasteiger partial charge in [0.15, 0.2) is 19.8 Å². The Balaban J connectivity index is 2.39. The van der Waals surface area contributed by atoms with Gasteiger partial charge in [-0.25, -0.2) is 0 Å². The van der Waals surface area contributed by atoms with Crippen molar-refractivity contribution < 1.29 is 26.1 Å². The Morgan fingerprint density at radius 2 is 1.57 bits per heavy atom.